The number of esters is 1. The van der Waals surface area contributed by atoms with E-state index in [1.54, 1.807) is 31.2 Å². The lowest BCUT2D eigenvalue weighted by Crippen LogP contribution is -2.39. The second-order valence-electron chi connectivity index (χ2n) is 8.23. The van der Waals surface area contributed by atoms with Crippen molar-refractivity contribution >= 4 is 23.5 Å². The minimum Gasteiger partial charge on any atom is -0.462 e. The van der Waals surface area contributed by atoms with Crippen molar-refractivity contribution in [3.8, 4) is 11.3 Å². The number of hydrogen-bond acceptors (Lipinski definition) is 5. The van der Waals surface area contributed by atoms with Crippen LogP contribution in [0.2, 0.25) is 5.02 Å². The molecule has 0 radical (unpaired) electrons. The number of ether oxygens (including phenoxy) is 1. The van der Waals surface area contributed by atoms with Crippen molar-refractivity contribution in [2.24, 2.45) is 5.92 Å². The van der Waals surface area contributed by atoms with Crippen LogP contribution in [0.5, 0.6) is 0 Å². The molecule has 0 spiro atoms. The maximum absolute atomic E-state index is 14.4. The van der Waals surface area contributed by atoms with E-state index in [2.05, 4.69) is 10.5 Å². The molecule has 3 aromatic rings. The predicted molar refractivity (Wildman–Crippen MR) is 122 cm³/mol. The van der Waals surface area contributed by atoms with Gasteiger partial charge >= 0.3 is 5.97 Å². The zero-order chi connectivity index (χ0) is 23.4. The summed E-state index contributed by atoms with van der Waals surface area (Å²) >= 11 is 6.17. The van der Waals surface area contributed by atoms with Gasteiger partial charge in [-0.15, -0.1) is 0 Å². The molecular weight excluding hydrogens is 447 g/mol. The first-order valence-corrected chi connectivity index (χ1v) is 11.3. The first-order chi connectivity index (χ1) is 15.9. The summed E-state index contributed by atoms with van der Waals surface area (Å²) in [7, 11) is 0. The van der Waals surface area contributed by atoms with Gasteiger partial charge in [0.05, 0.1) is 22.8 Å². The van der Waals surface area contributed by atoms with Gasteiger partial charge < -0.3 is 14.6 Å². The molecule has 1 aliphatic carbocycles. The molecule has 1 heterocycles. The van der Waals surface area contributed by atoms with Crippen LogP contribution in [-0.2, 0) is 4.74 Å². The molecule has 0 saturated heterocycles. The Morgan fingerprint density at radius 1 is 1.18 bits per heavy atom. The van der Waals surface area contributed by atoms with E-state index in [1.807, 2.05) is 6.07 Å². The van der Waals surface area contributed by atoms with Crippen LogP contribution in [0.15, 0.2) is 53.1 Å². The molecule has 1 saturated carbocycles. The number of nitrogens with one attached hydrogen (secondary N) is 1. The van der Waals surface area contributed by atoms with E-state index in [-0.39, 0.29) is 45.5 Å². The summed E-state index contributed by atoms with van der Waals surface area (Å²) in [6.45, 7) is 1.90. The van der Waals surface area contributed by atoms with Crippen molar-refractivity contribution in [2.45, 2.75) is 38.6 Å². The van der Waals surface area contributed by atoms with Gasteiger partial charge in [-0.25, -0.2) is 9.18 Å². The van der Waals surface area contributed by atoms with Crippen LogP contribution in [-0.4, -0.2) is 29.7 Å². The normalized spacial score (nSPS) is 18.0. The monoisotopic (exact) mass is 470 g/mol. The van der Waals surface area contributed by atoms with Gasteiger partial charge in [0.2, 0.25) is 0 Å². The van der Waals surface area contributed by atoms with E-state index in [1.165, 1.54) is 18.2 Å². The van der Waals surface area contributed by atoms with Gasteiger partial charge in [0.1, 0.15) is 22.8 Å². The van der Waals surface area contributed by atoms with Crippen molar-refractivity contribution < 1.29 is 23.2 Å². The van der Waals surface area contributed by atoms with Gasteiger partial charge in [0.25, 0.3) is 5.91 Å². The number of carbonyl (C=O) groups excluding carboxylic acids is 2. The summed E-state index contributed by atoms with van der Waals surface area (Å²) in [6.07, 6.45) is 3.28. The van der Waals surface area contributed by atoms with Crippen molar-refractivity contribution in [3.05, 3.63) is 76.3 Å². The third-order valence-electron chi connectivity index (χ3n) is 5.87. The van der Waals surface area contributed by atoms with Crippen molar-refractivity contribution in [2.75, 3.05) is 6.61 Å². The SMILES string of the molecule is Cc1onc(-c2c(F)cccc2Cl)c1C(=O)NC1CCCC(COC(=O)c2ccccc2)C1. The number of carbonyl (C=O) groups is 2. The summed E-state index contributed by atoms with van der Waals surface area (Å²) < 4.78 is 25.1. The molecule has 2 atom stereocenters. The first kappa shape index (κ1) is 23.0. The lowest BCUT2D eigenvalue weighted by Gasteiger charge is -2.29. The standard InChI is InChI=1S/C25H24ClFN2O4/c1-15-21(23(29-33-15)22-19(26)11-6-12-20(22)27)24(30)28-18-10-5-7-16(13-18)14-32-25(31)17-8-3-2-4-9-17/h2-4,6,8-9,11-12,16,18H,5,7,10,13-14H2,1H3,(H,28,30). The number of amides is 1. The number of aromatic nitrogens is 1. The maximum Gasteiger partial charge on any atom is 0.338 e. The van der Waals surface area contributed by atoms with Crippen LogP contribution in [0, 0.1) is 18.7 Å². The molecule has 172 valence electrons. The Bertz CT molecular complexity index is 1130. The van der Waals surface area contributed by atoms with Gasteiger partial charge in [-0.3, -0.25) is 4.79 Å². The molecule has 1 N–H and O–H groups in total. The third kappa shape index (κ3) is 5.25. The largest absolute Gasteiger partial charge is 0.462 e. The molecule has 1 amide bonds. The number of rotatable bonds is 6. The fraction of sp³-hybridized carbons (Fsp3) is 0.320. The molecule has 8 heteroatoms. The average molecular weight is 471 g/mol. The second-order valence-corrected chi connectivity index (χ2v) is 8.63. The maximum atomic E-state index is 14.4. The fourth-order valence-electron chi connectivity index (χ4n) is 4.22. The predicted octanol–water partition coefficient (Wildman–Crippen LogP) is 5.59. The third-order valence-corrected chi connectivity index (χ3v) is 6.18. The molecule has 2 unspecified atom stereocenters. The van der Waals surface area contributed by atoms with Crippen LogP contribution >= 0.6 is 11.6 Å². The van der Waals surface area contributed by atoms with Gasteiger partial charge in [-0.05, 0) is 56.4 Å². The Morgan fingerprint density at radius 3 is 2.73 bits per heavy atom. The average Bonchev–Trinajstić information content (AvgIpc) is 3.19. The highest BCUT2D eigenvalue weighted by atomic mass is 35.5. The Hall–Kier alpha value is -3.19. The Balaban J connectivity index is 1.41. The first-order valence-electron chi connectivity index (χ1n) is 10.9. The summed E-state index contributed by atoms with van der Waals surface area (Å²) in [5, 5.41) is 7.06. The van der Waals surface area contributed by atoms with Crippen molar-refractivity contribution in [1.82, 2.24) is 10.5 Å². The van der Waals surface area contributed by atoms with Crippen molar-refractivity contribution in [1.29, 1.82) is 0 Å². The van der Waals surface area contributed by atoms with Crippen LogP contribution in [0.25, 0.3) is 11.3 Å². The number of nitrogens with zero attached hydrogens (tertiary/aromatic N) is 1. The van der Waals surface area contributed by atoms with E-state index in [0.717, 1.165) is 19.3 Å². The van der Waals surface area contributed by atoms with E-state index >= 15 is 0 Å². The highest BCUT2D eigenvalue weighted by Gasteiger charge is 2.29. The van der Waals surface area contributed by atoms with Gasteiger partial charge in [-0.2, -0.15) is 0 Å². The van der Waals surface area contributed by atoms with Gasteiger partial charge in [0.15, 0.2) is 0 Å². The molecule has 4 rings (SSSR count). The van der Waals surface area contributed by atoms with E-state index < -0.39 is 11.7 Å². The molecule has 0 bridgehead atoms. The van der Waals surface area contributed by atoms with E-state index in [0.29, 0.717) is 18.6 Å². The molecule has 1 fully saturated rings. The molecular formula is C25H24ClFN2O4. The quantitative estimate of drug-likeness (QED) is 0.475. The number of aryl methyl sites for hydroxylation is 1. The minimum atomic E-state index is -0.581. The molecule has 1 aromatic heterocycles. The van der Waals surface area contributed by atoms with Crippen LogP contribution in [0.3, 0.4) is 0 Å². The zero-order valence-corrected chi connectivity index (χ0v) is 18.9. The molecule has 6 nitrogen and oxygen atoms in total. The van der Waals surface area contributed by atoms with Crippen molar-refractivity contribution in [3.63, 3.8) is 0 Å². The molecule has 33 heavy (non-hydrogen) atoms. The number of halogens is 2. The van der Waals surface area contributed by atoms with Gasteiger partial charge in [0, 0.05) is 6.04 Å². The Kier molecular flexibility index (Phi) is 7.08. The summed E-state index contributed by atoms with van der Waals surface area (Å²) in [6, 6.07) is 13.0. The van der Waals surface area contributed by atoms with E-state index in [9.17, 15) is 14.0 Å². The lowest BCUT2D eigenvalue weighted by molar-refractivity contribution is 0.0393. The number of hydrogen-bond donors (Lipinski definition) is 1. The lowest BCUT2D eigenvalue weighted by atomic mass is 9.86. The van der Waals surface area contributed by atoms with Crippen LogP contribution in [0.4, 0.5) is 4.39 Å². The topological polar surface area (TPSA) is 81.4 Å². The zero-order valence-electron chi connectivity index (χ0n) is 18.1. The molecule has 1 aliphatic rings. The van der Waals surface area contributed by atoms with E-state index in [4.69, 9.17) is 20.9 Å². The Morgan fingerprint density at radius 2 is 1.97 bits per heavy atom. The fourth-order valence-corrected chi connectivity index (χ4v) is 4.47. The summed E-state index contributed by atoms with van der Waals surface area (Å²) in [4.78, 5) is 25.3. The van der Waals surface area contributed by atoms with Crippen LogP contribution < -0.4 is 5.32 Å². The smallest absolute Gasteiger partial charge is 0.338 e. The highest BCUT2D eigenvalue weighted by Crippen LogP contribution is 2.34. The summed E-state index contributed by atoms with van der Waals surface area (Å²) in [5.41, 5.74) is 0.799. The second kappa shape index (κ2) is 10.2. The van der Waals surface area contributed by atoms with Gasteiger partial charge in [-0.1, -0.05) is 47.4 Å². The van der Waals surface area contributed by atoms with Crippen LogP contribution in [0.1, 0.15) is 52.2 Å². The Labute approximate surface area is 196 Å². The summed E-state index contributed by atoms with van der Waals surface area (Å²) in [5.74, 6) is -0.905. The molecule has 0 aliphatic heterocycles. The highest BCUT2D eigenvalue weighted by molar-refractivity contribution is 6.33. The number of benzene rings is 2. The molecule has 2 aromatic carbocycles. The minimum absolute atomic E-state index is 0.0375.